The van der Waals surface area contributed by atoms with Crippen molar-refractivity contribution in [1.82, 2.24) is 10.3 Å². The number of nitrogens with one attached hydrogen (secondary N) is 1. The fraction of sp³-hybridized carbons (Fsp3) is 0.500. The molecular formula is C10H11F3N2. The molecule has 1 aliphatic heterocycles. The molecule has 5 heteroatoms. The lowest BCUT2D eigenvalue weighted by Crippen LogP contribution is -2.50. The van der Waals surface area contributed by atoms with Gasteiger partial charge in [0.15, 0.2) is 0 Å². The second-order valence-corrected chi connectivity index (χ2v) is 3.68. The molecule has 1 atom stereocenters. The van der Waals surface area contributed by atoms with Crippen LogP contribution in [0.15, 0.2) is 24.5 Å². The van der Waals surface area contributed by atoms with Crippen LogP contribution in [0.3, 0.4) is 0 Å². The predicted molar refractivity (Wildman–Crippen MR) is 49.2 cm³/mol. The van der Waals surface area contributed by atoms with E-state index in [0.717, 1.165) is 0 Å². The summed E-state index contributed by atoms with van der Waals surface area (Å²) in [5.41, 5.74) is -1.68. The van der Waals surface area contributed by atoms with Crippen LogP contribution in [0.2, 0.25) is 0 Å². The zero-order valence-corrected chi connectivity index (χ0v) is 8.01. The Morgan fingerprint density at radius 3 is 2.67 bits per heavy atom. The number of aromatic nitrogens is 1. The molecule has 2 heterocycles. The van der Waals surface area contributed by atoms with Gasteiger partial charge in [0, 0.05) is 12.4 Å². The molecule has 0 saturated carbocycles. The minimum absolute atomic E-state index is 0.0855. The average molecular weight is 216 g/mol. The number of rotatable bonds is 1. The molecule has 1 fully saturated rings. The fourth-order valence-corrected chi connectivity index (χ4v) is 2.01. The SMILES string of the molecule is FC(F)(F)C1(c2cccnc2)CCCN1. The van der Waals surface area contributed by atoms with Gasteiger partial charge in [-0.1, -0.05) is 6.07 Å². The quantitative estimate of drug-likeness (QED) is 0.778. The van der Waals surface area contributed by atoms with Gasteiger partial charge in [-0.2, -0.15) is 13.2 Å². The molecule has 0 amide bonds. The summed E-state index contributed by atoms with van der Waals surface area (Å²) in [6.07, 6.45) is -0.891. The minimum Gasteiger partial charge on any atom is -0.300 e. The number of alkyl halides is 3. The Labute approximate surface area is 85.5 Å². The maximum atomic E-state index is 13.0. The Bertz CT molecular complexity index is 328. The van der Waals surface area contributed by atoms with E-state index in [9.17, 15) is 13.2 Å². The molecule has 0 radical (unpaired) electrons. The monoisotopic (exact) mass is 216 g/mol. The largest absolute Gasteiger partial charge is 0.410 e. The molecule has 0 spiro atoms. The van der Waals surface area contributed by atoms with Crippen LogP contribution in [0.25, 0.3) is 0 Å². The summed E-state index contributed by atoms with van der Waals surface area (Å²) in [5, 5.41) is 2.56. The van der Waals surface area contributed by atoms with Gasteiger partial charge in [0.1, 0.15) is 5.54 Å². The van der Waals surface area contributed by atoms with Crippen LogP contribution in [-0.4, -0.2) is 17.7 Å². The lowest BCUT2D eigenvalue weighted by Gasteiger charge is -2.32. The first kappa shape index (κ1) is 10.4. The van der Waals surface area contributed by atoms with E-state index in [1.165, 1.54) is 24.5 Å². The summed E-state index contributed by atoms with van der Waals surface area (Å²) in [4.78, 5) is 3.75. The zero-order valence-electron chi connectivity index (χ0n) is 8.01. The van der Waals surface area contributed by atoms with Crippen molar-refractivity contribution in [1.29, 1.82) is 0 Å². The second-order valence-electron chi connectivity index (χ2n) is 3.68. The van der Waals surface area contributed by atoms with E-state index in [4.69, 9.17) is 0 Å². The zero-order chi connectivity index (χ0) is 10.9. The lowest BCUT2D eigenvalue weighted by atomic mass is 9.89. The summed E-state index contributed by atoms with van der Waals surface area (Å²) in [5.74, 6) is 0. The van der Waals surface area contributed by atoms with Gasteiger partial charge in [-0.3, -0.25) is 10.3 Å². The Morgan fingerprint density at radius 2 is 2.20 bits per heavy atom. The molecule has 1 aromatic rings. The number of hydrogen-bond acceptors (Lipinski definition) is 2. The number of hydrogen-bond donors (Lipinski definition) is 1. The van der Waals surface area contributed by atoms with Crippen LogP contribution < -0.4 is 5.32 Å². The van der Waals surface area contributed by atoms with E-state index in [1.807, 2.05) is 0 Å². The van der Waals surface area contributed by atoms with Crippen molar-refractivity contribution in [3.05, 3.63) is 30.1 Å². The van der Waals surface area contributed by atoms with E-state index in [1.54, 1.807) is 0 Å². The van der Waals surface area contributed by atoms with Crippen molar-refractivity contribution in [3.8, 4) is 0 Å². The van der Waals surface area contributed by atoms with Gasteiger partial charge in [-0.15, -0.1) is 0 Å². The van der Waals surface area contributed by atoms with Crippen molar-refractivity contribution < 1.29 is 13.2 Å². The van der Waals surface area contributed by atoms with Crippen molar-refractivity contribution in [2.24, 2.45) is 0 Å². The van der Waals surface area contributed by atoms with Crippen LogP contribution in [0.5, 0.6) is 0 Å². The molecule has 0 aliphatic carbocycles. The Hall–Kier alpha value is -1.10. The van der Waals surface area contributed by atoms with Gasteiger partial charge in [-0.05, 0) is 31.0 Å². The summed E-state index contributed by atoms with van der Waals surface area (Å²) in [6, 6.07) is 3.00. The summed E-state index contributed by atoms with van der Waals surface area (Å²) >= 11 is 0. The highest BCUT2D eigenvalue weighted by atomic mass is 19.4. The highest BCUT2D eigenvalue weighted by Crippen LogP contribution is 2.44. The molecule has 82 valence electrons. The van der Waals surface area contributed by atoms with E-state index in [0.29, 0.717) is 13.0 Å². The number of halogens is 3. The first-order valence-electron chi connectivity index (χ1n) is 4.78. The molecule has 1 saturated heterocycles. The highest BCUT2D eigenvalue weighted by molar-refractivity contribution is 5.24. The number of pyridine rings is 1. The predicted octanol–water partition coefficient (Wildman–Crippen LogP) is 2.22. The van der Waals surface area contributed by atoms with Crippen LogP contribution in [0, 0.1) is 0 Å². The van der Waals surface area contributed by atoms with Crippen LogP contribution >= 0.6 is 0 Å². The minimum atomic E-state index is -4.27. The molecule has 15 heavy (non-hydrogen) atoms. The van der Waals surface area contributed by atoms with Crippen LogP contribution in [0.1, 0.15) is 18.4 Å². The van der Waals surface area contributed by atoms with Gasteiger partial charge in [0.05, 0.1) is 0 Å². The molecule has 2 rings (SSSR count). The summed E-state index contributed by atoms with van der Waals surface area (Å²) in [6.45, 7) is 0.397. The van der Waals surface area contributed by atoms with E-state index in [-0.39, 0.29) is 12.0 Å². The lowest BCUT2D eigenvalue weighted by molar-refractivity contribution is -0.196. The smallest absolute Gasteiger partial charge is 0.300 e. The first-order valence-corrected chi connectivity index (χ1v) is 4.78. The van der Waals surface area contributed by atoms with Gasteiger partial charge < -0.3 is 0 Å². The van der Waals surface area contributed by atoms with Crippen LogP contribution in [-0.2, 0) is 5.54 Å². The van der Waals surface area contributed by atoms with Crippen molar-refractivity contribution in [2.75, 3.05) is 6.54 Å². The third-order valence-corrected chi connectivity index (χ3v) is 2.79. The maximum absolute atomic E-state index is 13.0. The summed E-state index contributed by atoms with van der Waals surface area (Å²) in [7, 11) is 0. The van der Waals surface area contributed by atoms with Crippen LogP contribution in [0.4, 0.5) is 13.2 Å². The fourth-order valence-electron chi connectivity index (χ4n) is 2.01. The Morgan fingerprint density at radius 1 is 1.40 bits per heavy atom. The Kier molecular flexibility index (Phi) is 2.42. The van der Waals surface area contributed by atoms with E-state index < -0.39 is 11.7 Å². The molecular weight excluding hydrogens is 205 g/mol. The molecule has 1 aliphatic rings. The first-order chi connectivity index (χ1) is 7.06. The molecule has 2 nitrogen and oxygen atoms in total. The van der Waals surface area contributed by atoms with Gasteiger partial charge >= 0.3 is 6.18 Å². The van der Waals surface area contributed by atoms with Crippen molar-refractivity contribution in [3.63, 3.8) is 0 Å². The van der Waals surface area contributed by atoms with Gasteiger partial charge in [-0.25, -0.2) is 0 Å². The average Bonchev–Trinajstić information content (AvgIpc) is 2.68. The molecule has 1 N–H and O–H groups in total. The Balaban J connectivity index is 2.44. The summed E-state index contributed by atoms with van der Waals surface area (Å²) < 4.78 is 39.0. The van der Waals surface area contributed by atoms with E-state index >= 15 is 0 Å². The van der Waals surface area contributed by atoms with Crippen molar-refractivity contribution in [2.45, 2.75) is 24.6 Å². The molecule has 1 unspecified atom stereocenters. The highest BCUT2D eigenvalue weighted by Gasteiger charge is 2.57. The van der Waals surface area contributed by atoms with Gasteiger partial charge in [0.2, 0.25) is 0 Å². The molecule has 0 bridgehead atoms. The maximum Gasteiger partial charge on any atom is 0.410 e. The third kappa shape index (κ3) is 1.61. The van der Waals surface area contributed by atoms with E-state index in [2.05, 4.69) is 10.3 Å². The standard InChI is InChI=1S/C10H11F3N2/c11-10(12,13)9(4-2-6-15-9)8-3-1-5-14-7-8/h1,3,5,7,15H,2,4,6H2. The van der Waals surface area contributed by atoms with Gasteiger partial charge in [0.25, 0.3) is 0 Å². The number of nitrogens with zero attached hydrogens (tertiary/aromatic N) is 1. The third-order valence-electron chi connectivity index (χ3n) is 2.79. The molecule has 1 aromatic heterocycles. The molecule has 0 aromatic carbocycles. The normalized spacial score (nSPS) is 26.9. The van der Waals surface area contributed by atoms with Crippen molar-refractivity contribution >= 4 is 0 Å². The topological polar surface area (TPSA) is 24.9 Å². The second kappa shape index (κ2) is 3.48.